The number of anilines is 1. The molecule has 7 N–H and O–H groups in total. The van der Waals surface area contributed by atoms with Crippen LogP contribution in [-0.4, -0.2) is 81.5 Å². The monoisotopic (exact) mass is 526 g/mol. The van der Waals surface area contributed by atoms with Crippen LogP contribution in [0.5, 0.6) is 0 Å². The third-order valence-electron chi connectivity index (χ3n) is 4.83. The molecule has 1 heterocycles. The molecule has 0 fully saturated rings. The van der Waals surface area contributed by atoms with Crippen molar-refractivity contribution in [3.8, 4) is 0 Å². The highest BCUT2D eigenvalue weighted by atomic mass is 32.1. The summed E-state index contributed by atoms with van der Waals surface area (Å²) in [5, 5.41) is 37.1. The molecule has 0 saturated carbocycles. The molecule has 0 aliphatic heterocycles. The van der Waals surface area contributed by atoms with Gasteiger partial charge >= 0.3 is 11.7 Å². The second-order valence-electron chi connectivity index (χ2n) is 7.48. The van der Waals surface area contributed by atoms with E-state index in [4.69, 9.17) is 10.8 Å². The maximum atomic E-state index is 12.2. The van der Waals surface area contributed by atoms with Gasteiger partial charge in [-0.2, -0.15) is 12.6 Å². The Kier molecular flexibility index (Phi) is 10.8. The van der Waals surface area contributed by atoms with Crippen LogP contribution in [0, 0.1) is 10.1 Å². The molecule has 2 atom stereocenters. The molecule has 3 amide bonds. The number of carbonyl (C=O) groups excluding carboxylic acids is 3. The van der Waals surface area contributed by atoms with Gasteiger partial charge < -0.3 is 32.1 Å². The number of nitrogens with one attached hydrogen (secondary N) is 4. The predicted molar refractivity (Wildman–Crippen MR) is 128 cm³/mol. The molecule has 0 aliphatic carbocycles. The molecule has 1 aromatic heterocycles. The number of nitrogens with zero attached hydrogens (tertiary/aromatic N) is 3. The van der Waals surface area contributed by atoms with Gasteiger partial charge in [0.1, 0.15) is 12.6 Å². The topological polar surface area (TPSA) is 245 Å². The number of carbonyl (C=O) groups is 4. The van der Waals surface area contributed by atoms with E-state index in [1.54, 1.807) is 0 Å². The van der Waals surface area contributed by atoms with E-state index < -0.39 is 47.2 Å². The van der Waals surface area contributed by atoms with Crippen LogP contribution in [0.3, 0.4) is 0 Å². The normalized spacial score (nSPS) is 12.4. The van der Waals surface area contributed by atoms with Gasteiger partial charge in [0.05, 0.1) is 16.7 Å². The highest BCUT2D eigenvalue weighted by molar-refractivity contribution is 7.80. The van der Waals surface area contributed by atoms with Gasteiger partial charge in [0.2, 0.25) is 23.2 Å². The number of aromatic nitrogens is 2. The Morgan fingerprint density at radius 2 is 1.86 bits per heavy atom. The van der Waals surface area contributed by atoms with Crippen LogP contribution in [0.1, 0.15) is 19.3 Å². The number of non-ortho nitro benzene ring substituents is 1. The van der Waals surface area contributed by atoms with Gasteiger partial charge in [0.15, 0.2) is 5.52 Å². The number of nitrogens with two attached hydrogens (primary N) is 1. The molecule has 196 valence electrons. The largest absolute Gasteiger partial charge is 0.480 e. The molecule has 1 aromatic carbocycles. The number of fused-ring (bicyclic) bond motifs is 1. The molecule has 0 aliphatic rings. The average Bonchev–Trinajstić information content (AvgIpc) is 3.33. The number of carboxylic acids is 1. The summed E-state index contributed by atoms with van der Waals surface area (Å²) in [5.74, 6) is -2.96. The fourth-order valence-electron chi connectivity index (χ4n) is 2.96. The summed E-state index contributed by atoms with van der Waals surface area (Å²) in [6.45, 7) is 0.0757. The van der Waals surface area contributed by atoms with Crippen LogP contribution in [0.25, 0.3) is 11.0 Å². The number of carboxylic acid groups (broad SMARTS) is 1. The molecular weight excluding hydrogens is 500 g/mol. The molecular formula is C19H26N8O8S. The van der Waals surface area contributed by atoms with Crippen molar-refractivity contribution in [2.45, 2.75) is 31.3 Å². The molecule has 2 aromatic rings. The van der Waals surface area contributed by atoms with Gasteiger partial charge in [-0.3, -0.25) is 29.3 Å². The summed E-state index contributed by atoms with van der Waals surface area (Å²) >= 11 is 3.97. The highest BCUT2D eigenvalue weighted by Crippen LogP contribution is 2.28. The summed E-state index contributed by atoms with van der Waals surface area (Å²) in [5.41, 5.74) is 6.32. The molecule has 2 rings (SSSR count). The molecule has 0 saturated heterocycles. The lowest BCUT2D eigenvalue weighted by molar-refractivity contribution is -0.383. The maximum absolute atomic E-state index is 12.2. The number of benzene rings is 1. The first-order chi connectivity index (χ1) is 17.1. The van der Waals surface area contributed by atoms with Crippen molar-refractivity contribution in [2.75, 3.05) is 30.7 Å². The fraction of sp³-hybridized carbons (Fsp3) is 0.474. The number of aliphatic carboxylic acids is 1. The van der Waals surface area contributed by atoms with Crippen molar-refractivity contribution in [1.82, 2.24) is 26.3 Å². The molecule has 36 heavy (non-hydrogen) atoms. The van der Waals surface area contributed by atoms with Crippen molar-refractivity contribution in [1.29, 1.82) is 0 Å². The standard InChI is InChI=1S/C19H26N8O8S/c20-10(2-5-14(28)24-12(9-36)19(32)23-8-15(29)30)18(31)22-7-1-6-21-11-3-4-13(27(33)34)17-16(11)25-35-26-17/h3-4,10,12,21,36H,1-2,5-9,20H2,(H,22,31)(H,23,32)(H,24,28)(H,29,30)/t10?,12-/m0/s1. The van der Waals surface area contributed by atoms with Crippen molar-refractivity contribution >= 4 is 58.7 Å². The summed E-state index contributed by atoms with van der Waals surface area (Å²) in [4.78, 5) is 57.0. The van der Waals surface area contributed by atoms with Crippen LogP contribution in [0.2, 0.25) is 0 Å². The van der Waals surface area contributed by atoms with E-state index in [-0.39, 0.29) is 41.9 Å². The van der Waals surface area contributed by atoms with E-state index in [0.717, 1.165) is 0 Å². The van der Waals surface area contributed by atoms with Crippen molar-refractivity contribution in [3.05, 3.63) is 22.2 Å². The van der Waals surface area contributed by atoms with Crippen molar-refractivity contribution in [3.63, 3.8) is 0 Å². The van der Waals surface area contributed by atoms with Crippen LogP contribution < -0.4 is 27.0 Å². The lowest BCUT2D eigenvalue weighted by atomic mass is 10.1. The van der Waals surface area contributed by atoms with E-state index >= 15 is 0 Å². The molecule has 1 unspecified atom stereocenters. The van der Waals surface area contributed by atoms with Crippen LogP contribution in [0.15, 0.2) is 16.8 Å². The third-order valence-corrected chi connectivity index (χ3v) is 5.19. The first-order valence-corrected chi connectivity index (χ1v) is 11.3. The van der Waals surface area contributed by atoms with Crippen molar-refractivity contribution in [2.24, 2.45) is 5.73 Å². The molecule has 0 bridgehead atoms. The lowest BCUT2D eigenvalue weighted by Crippen LogP contribution is -2.49. The molecule has 0 radical (unpaired) electrons. The SMILES string of the molecule is NC(CCC(=O)N[C@@H](CS)C(=O)NCC(=O)O)C(=O)NCCCNc1ccc([N+](=O)[O-])c2nonc12. The predicted octanol–water partition coefficient (Wildman–Crippen LogP) is -1.23. The summed E-state index contributed by atoms with van der Waals surface area (Å²) in [7, 11) is 0. The van der Waals surface area contributed by atoms with Gasteiger partial charge in [-0.15, -0.1) is 0 Å². The molecule has 16 nitrogen and oxygen atoms in total. The smallest absolute Gasteiger partial charge is 0.322 e. The molecule has 17 heteroatoms. The minimum atomic E-state index is -1.23. The van der Waals surface area contributed by atoms with Gasteiger partial charge in [0.25, 0.3) is 0 Å². The van der Waals surface area contributed by atoms with Crippen LogP contribution in [0.4, 0.5) is 11.4 Å². The molecule has 0 spiro atoms. The fourth-order valence-corrected chi connectivity index (χ4v) is 3.22. The number of hydrogen-bond donors (Lipinski definition) is 7. The van der Waals surface area contributed by atoms with Crippen molar-refractivity contribution < 1.29 is 33.8 Å². The number of nitro benzene ring substituents is 1. The zero-order valence-electron chi connectivity index (χ0n) is 18.9. The third kappa shape index (κ3) is 8.35. The van der Waals surface area contributed by atoms with E-state index in [0.29, 0.717) is 18.7 Å². The van der Waals surface area contributed by atoms with Gasteiger partial charge in [-0.05, 0) is 29.2 Å². The Balaban J connectivity index is 1.68. The summed E-state index contributed by atoms with van der Waals surface area (Å²) in [6.07, 6.45) is 0.373. The second kappa shape index (κ2) is 13.8. The number of thiol groups is 1. The average molecular weight is 527 g/mol. The maximum Gasteiger partial charge on any atom is 0.322 e. The number of amides is 3. The Morgan fingerprint density at radius 1 is 1.14 bits per heavy atom. The highest BCUT2D eigenvalue weighted by Gasteiger charge is 2.22. The number of nitro groups is 1. The van der Waals surface area contributed by atoms with E-state index in [1.165, 1.54) is 12.1 Å². The van der Waals surface area contributed by atoms with E-state index in [2.05, 4.69) is 48.8 Å². The van der Waals surface area contributed by atoms with E-state index in [1.807, 2.05) is 0 Å². The van der Waals surface area contributed by atoms with Crippen LogP contribution in [-0.2, 0) is 19.2 Å². The van der Waals surface area contributed by atoms with Gasteiger partial charge in [-0.25, -0.2) is 4.63 Å². The van der Waals surface area contributed by atoms with E-state index in [9.17, 15) is 29.3 Å². The zero-order chi connectivity index (χ0) is 26.7. The Bertz CT molecular complexity index is 1110. The summed E-state index contributed by atoms with van der Waals surface area (Å²) < 4.78 is 4.59. The number of rotatable bonds is 15. The van der Waals surface area contributed by atoms with Gasteiger partial charge in [0, 0.05) is 31.3 Å². The number of hydrogen-bond acceptors (Lipinski definition) is 12. The first-order valence-electron chi connectivity index (χ1n) is 10.7. The lowest BCUT2D eigenvalue weighted by Gasteiger charge is -2.17. The van der Waals surface area contributed by atoms with Gasteiger partial charge in [-0.1, -0.05) is 0 Å². The first kappa shape index (κ1) is 28.2. The Hall–Kier alpha value is -3.99. The minimum Gasteiger partial charge on any atom is -0.480 e. The Labute approximate surface area is 209 Å². The minimum absolute atomic E-state index is 0.0197. The second-order valence-corrected chi connectivity index (χ2v) is 7.85. The quantitative estimate of drug-likeness (QED) is 0.0624. The zero-order valence-corrected chi connectivity index (χ0v) is 19.8. The van der Waals surface area contributed by atoms with Crippen LogP contribution >= 0.6 is 12.6 Å². The summed E-state index contributed by atoms with van der Waals surface area (Å²) in [6, 6.07) is 0.780. The Morgan fingerprint density at radius 3 is 2.53 bits per heavy atom.